The monoisotopic (exact) mass is 526 g/mol. The molecule has 2 aromatic carbocycles. The molecule has 0 heterocycles. The Morgan fingerprint density at radius 1 is 0.946 bits per heavy atom. The predicted molar refractivity (Wildman–Crippen MR) is 163 cm³/mol. The topological polar surface area (TPSA) is 100.0 Å². The van der Waals surface area contributed by atoms with Crippen LogP contribution in [0.15, 0.2) is 100 Å². The standard InChI is InChI=1S/C22H26N4OS.C3H6.C2H6.2CH2O/c1-6-17(4)23-22(26-20-10-8-9-16(3)15-20)25-18(5)24-19-11-13-21(14-12-19)28(27)7-2;1-3-2;3*1-2/h7-15,24H,2,5-6H2,1,3-4H3,(H,25,26);3H,1H2,2H3;1-2H3;2*1H2/b23-17+;;;;. The molecule has 0 aliphatic carbocycles. The number of allylic oxidation sites excluding steroid dienone is 1. The molecule has 37 heavy (non-hydrogen) atoms. The maximum atomic E-state index is 11.7. The van der Waals surface area contributed by atoms with Crippen molar-refractivity contribution >= 4 is 47.4 Å². The molecule has 0 spiro atoms. The van der Waals surface area contributed by atoms with E-state index in [0.29, 0.717) is 16.7 Å². The van der Waals surface area contributed by atoms with Crippen molar-refractivity contribution in [3.63, 3.8) is 0 Å². The number of benzene rings is 2. The Balaban J connectivity index is -0.00000114. The molecule has 1 unspecified atom stereocenters. The third kappa shape index (κ3) is 18.1. The zero-order valence-electron chi connectivity index (χ0n) is 23.0. The van der Waals surface area contributed by atoms with Gasteiger partial charge in [-0.15, -0.1) is 6.58 Å². The Morgan fingerprint density at radius 2 is 1.49 bits per heavy atom. The fraction of sp³-hybridized carbons (Fsp3) is 0.241. The molecule has 1 atom stereocenters. The number of rotatable bonds is 7. The molecule has 202 valence electrons. The number of aliphatic imine (C=N–C) groups is 2. The van der Waals surface area contributed by atoms with E-state index < -0.39 is 10.8 Å². The Kier molecular flexibility index (Phi) is 25.6. The van der Waals surface area contributed by atoms with Crippen molar-refractivity contribution in [2.45, 2.75) is 52.9 Å². The van der Waals surface area contributed by atoms with Crippen molar-refractivity contribution in [2.75, 3.05) is 10.6 Å². The normalized spacial score (nSPS) is 10.5. The summed E-state index contributed by atoms with van der Waals surface area (Å²) in [7, 11) is -1.19. The van der Waals surface area contributed by atoms with Gasteiger partial charge in [-0.2, -0.15) is 4.99 Å². The quantitative estimate of drug-likeness (QED) is 0.224. The highest BCUT2D eigenvalue weighted by Crippen LogP contribution is 2.16. The number of carbonyl (C=O) groups excluding carboxylic acids is 2. The van der Waals surface area contributed by atoms with Crippen LogP contribution in [0.3, 0.4) is 0 Å². The minimum Gasteiger partial charge on any atom is -0.341 e. The van der Waals surface area contributed by atoms with Gasteiger partial charge in [-0.3, -0.25) is 0 Å². The highest BCUT2D eigenvalue weighted by Gasteiger charge is 2.04. The van der Waals surface area contributed by atoms with Gasteiger partial charge in [-0.1, -0.05) is 52.1 Å². The van der Waals surface area contributed by atoms with Crippen molar-refractivity contribution in [1.82, 2.24) is 0 Å². The maximum Gasteiger partial charge on any atom is 0.229 e. The summed E-state index contributed by atoms with van der Waals surface area (Å²) in [5, 5.41) is 7.78. The zero-order valence-corrected chi connectivity index (χ0v) is 23.9. The van der Waals surface area contributed by atoms with Gasteiger partial charge >= 0.3 is 0 Å². The molecular formula is C29H42N4O3S. The SMILES string of the molecule is C=CC.C=CS(=O)c1ccc(NC(=C)/N=C(\N=C(/C)CC)Nc2cccc(C)c2)cc1.C=O.C=O.CC. The maximum absolute atomic E-state index is 11.7. The van der Waals surface area contributed by atoms with Crippen LogP contribution in [0.1, 0.15) is 46.6 Å². The van der Waals surface area contributed by atoms with Crippen LogP contribution in [0.2, 0.25) is 0 Å². The van der Waals surface area contributed by atoms with E-state index in [9.17, 15) is 4.21 Å². The van der Waals surface area contributed by atoms with Crippen molar-refractivity contribution in [2.24, 2.45) is 9.98 Å². The van der Waals surface area contributed by atoms with E-state index in [0.717, 1.165) is 29.1 Å². The molecule has 0 radical (unpaired) electrons. The highest BCUT2D eigenvalue weighted by atomic mass is 32.2. The average molecular weight is 527 g/mol. The van der Waals surface area contributed by atoms with E-state index in [1.54, 1.807) is 18.2 Å². The Morgan fingerprint density at radius 3 is 1.95 bits per heavy atom. The smallest absolute Gasteiger partial charge is 0.229 e. The third-order valence-corrected chi connectivity index (χ3v) is 4.89. The summed E-state index contributed by atoms with van der Waals surface area (Å²) in [5.41, 5.74) is 3.82. The predicted octanol–water partition coefficient (Wildman–Crippen LogP) is 7.32. The van der Waals surface area contributed by atoms with E-state index in [1.165, 1.54) is 5.41 Å². The molecule has 0 aliphatic rings. The molecule has 0 saturated heterocycles. The molecule has 0 saturated carbocycles. The number of nitrogens with one attached hydrogen (secondary N) is 2. The molecule has 8 heteroatoms. The molecule has 0 aromatic heterocycles. The van der Waals surface area contributed by atoms with E-state index in [4.69, 9.17) is 9.59 Å². The molecule has 0 bridgehead atoms. The minimum atomic E-state index is -1.19. The van der Waals surface area contributed by atoms with Crippen LogP contribution in [0, 0.1) is 6.92 Å². The molecule has 0 amide bonds. The lowest BCUT2D eigenvalue weighted by Crippen LogP contribution is -2.13. The summed E-state index contributed by atoms with van der Waals surface area (Å²) >= 11 is 0. The molecule has 2 rings (SSSR count). The first-order chi connectivity index (χ1) is 17.8. The molecule has 0 aliphatic heterocycles. The number of carbonyl (C=O) groups is 2. The lowest BCUT2D eigenvalue weighted by atomic mass is 10.2. The third-order valence-electron chi connectivity index (χ3n) is 3.85. The number of anilines is 2. The first-order valence-corrected chi connectivity index (χ1v) is 12.7. The van der Waals surface area contributed by atoms with Gasteiger partial charge in [0.25, 0.3) is 0 Å². The van der Waals surface area contributed by atoms with Crippen LogP contribution in [0.4, 0.5) is 11.4 Å². The van der Waals surface area contributed by atoms with Crippen LogP contribution >= 0.6 is 0 Å². The number of nitrogens with zero attached hydrogens (tertiary/aromatic N) is 2. The molecular weight excluding hydrogens is 484 g/mol. The summed E-state index contributed by atoms with van der Waals surface area (Å²) in [5.74, 6) is 0.909. The Bertz CT molecular complexity index is 1010. The van der Waals surface area contributed by atoms with Gasteiger partial charge in [0.1, 0.15) is 19.4 Å². The lowest BCUT2D eigenvalue weighted by molar-refractivity contribution is -0.0987. The number of guanidine groups is 1. The molecule has 0 fully saturated rings. The average Bonchev–Trinajstić information content (AvgIpc) is 2.92. The van der Waals surface area contributed by atoms with Gasteiger partial charge in [0.05, 0.1) is 10.8 Å². The van der Waals surface area contributed by atoms with Crippen molar-refractivity contribution in [3.8, 4) is 0 Å². The van der Waals surface area contributed by atoms with Gasteiger partial charge in [-0.25, -0.2) is 9.20 Å². The Hall–Kier alpha value is -3.91. The zero-order chi connectivity index (χ0) is 29.2. The number of aryl methyl sites for hydroxylation is 1. The second-order valence-electron chi connectivity index (χ2n) is 6.60. The fourth-order valence-corrected chi connectivity index (χ4v) is 2.88. The summed E-state index contributed by atoms with van der Waals surface area (Å²) in [4.78, 5) is 25.7. The van der Waals surface area contributed by atoms with Crippen LogP contribution in [0.25, 0.3) is 0 Å². The van der Waals surface area contributed by atoms with E-state index in [2.05, 4.69) is 40.4 Å². The van der Waals surface area contributed by atoms with Gasteiger partial charge in [-0.05, 0) is 69.2 Å². The first-order valence-electron chi connectivity index (χ1n) is 11.5. The van der Waals surface area contributed by atoms with Crippen molar-refractivity contribution < 1.29 is 13.8 Å². The van der Waals surface area contributed by atoms with E-state index in [-0.39, 0.29) is 0 Å². The molecule has 2 aromatic rings. The van der Waals surface area contributed by atoms with Crippen LogP contribution < -0.4 is 10.6 Å². The number of hydrogen-bond donors (Lipinski definition) is 2. The van der Waals surface area contributed by atoms with Gasteiger partial charge in [0.15, 0.2) is 0 Å². The number of hydrogen-bond acceptors (Lipinski definition) is 5. The van der Waals surface area contributed by atoms with E-state index >= 15 is 0 Å². The van der Waals surface area contributed by atoms with Crippen molar-refractivity contribution in [3.05, 3.63) is 91.1 Å². The fourth-order valence-electron chi connectivity index (χ4n) is 2.28. The minimum absolute atomic E-state index is 0.445. The van der Waals surface area contributed by atoms with Gasteiger partial charge in [0, 0.05) is 27.4 Å². The highest BCUT2D eigenvalue weighted by molar-refractivity contribution is 7.88. The van der Waals surface area contributed by atoms with Crippen LogP contribution in [-0.2, 0) is 20.4 Å². The van der Waals surface area contributed by atoms with E-state index in [1.807, 2.05) is 91.5 Å². The second kappa shape index (κ2) is 25.2. The summed E-state index contributed by atoms with van der Waals surface area (Å²) in [6.07, 6.45) is 2.58. The Labute approximate surface area is 225 Å². The molecule has 7 nitrogen and oxygen atoms in total. The largest absolute Gasteiger partial charge is 0.341 e. The van der Waals surface area contributed by atoms with Crippen LogP contribution in [-0.4, -0.2) is 29.5 Å². The van der Waals surface area contributed by atoms with Crippen molar-refractivity contribution in [1.29, 1.82) is 0 Å². The lowest BCUT2D eigenvalue weighted by Gasteiger charge is -2.10. The summed E-state index contributed by atoms with van der Waals surface area (Å²) < 4.78 is 11.7. The summed E-state index contributed by atoms with van der Waals surface area (Å²) in [6, 6.07) is 15.2. The summed E-state index contributed by atoms with van der Waals surface area (Å²) in [6.45, 7) is 26.8. The molecule has 2 N–H and O–H groups in total. The first kappa shape index (κ1) is 37.6. The van der Waals surface area contributed by atoms with Crippen LogP contribution in [0.5, 0.6) is 0 Å². The second-order valence-corrected chi connectivity index (χ2v) is 8.00. The van der Waals surface area contributed by atoms with Gasteiger partial charge in [0.2, 0.25) is 5.96 Å². The van der Waals surface area contributed by atoms with Gasteiger partial charge < -0.3 is 20.2 Å².